The summed E-state index contributed by atoms with van der Waals surface area (Å²) in [6, 6.07) is 4.35. The molecule has 0 bridgehead atoms. The fourth-order valence-corrected chi connectivity index (χ4v) is 1.15. The van der Waals surface area contributed by atoms with Crippen LogP contribution in [0.4, 0.5) is 8.78 Å². The highest BCUT2D eigenvalue weighted by Crippen LogP contribution is 2.29. The van der Waals surface area contributed by atoms with Crippen LogP contribution < -0.4 is 15.2 Å². The molecule has 0 aliphatic heterocycles. The summed E-state index contributed by atoms with van der Waals surface area (Å²) in [6.07, 6.45) is 0. The molecule has 0 amide bonds. The second kappa shape index (κ2) is 4.88. The predicted octanol–water partition coefficient (Wildman–Crippen LogP) is 1.93. The molecule has 6 heteroatoms. The van der Waals surface area contributed by atoms with Crippen molar-refractivity contribution >= 4 is 17.2 Å². The Kier molecular flexibility index (Phi) is 3.79. The molecule has 3 nitrogen and oxygen atoms in total. The van der Waals surface area contributed by atoms with Crippen molar-refractivity contribution in [1.29, 1.82) is 0 Å². The van der Waals surface area contributed by atoms with Crippen molar-refractivity contribution in [3.05, 3.63) is 23.8 Å². The number of alkyl halides is 2. The van der Waals surface area contributed by atoms with Gasteiger partial charge in [-0.3, -0.25) is 0 Å². The zero-order chi connectivity index (χ0) is 11.4. The Bertz CT molecular complexity index is 371. The van der Waals surface area contributed by atoms with E-state index in [1.165, 1.54) is 19.2 Å². The predicted molar refractivity (Wildman–Crippen MR) is 55.5 cm³/mol. The van der Waals surface area contributed by atoms with Gasteiger partial charge in [0.15, 0.2) is 11.5 Å². The zero-order valence-corrected chi connectivity index (χ0v) is 8.68. The summed E-state index contributed by atoms with van der Waals surface area (Å²) in [5.41, 5.74) is 5.80. The molecule has 0 aliphatic rings. The van der Waals surface area contributed by atoms with Gasteiger partial charge in [0.05, 0.1) is 7.11 Å². The molecule has 0 aliphatic carbocycles. The first-order valence-corrected chi connectivity index (χ1v) is 4.38. The SMILES string of the molecule is COc1ccc(C(N)=S)cc1OC(F)F. The maximum Gasteiger partial charge on any atom is 0.387 e. The van der Waals surface area contributed by atoms with Gasteiger partial charge in [-0.2, -0.15) is 8.78 Å². The fraction of sp³-hybridized carbons (Fsp3) is 0.222. The van der Waals surface area contributed by atoms with E-state index in [2.05, 4.69) is 4.74 Å². The highest BCUT2D eigenvalue weighted by atomic mass is 32.1. The average Bonchev–Trinajstić information content (AvgIpc) is 2.16. The topological polar surface area (TPSA) is 44.5 Å². The second-order valence-electron chi connectivity index (χ2n) is 2.61. The van der Waals surface area contributed by atoms with Gasteiger partial charge in [0.2, 0.25) is 0 Å². The van der Waals surface area contributed by atoms with E-state index in [0.717, 1.165) is 0 Å². The summed E-state index contributed by atoms with van der Waals surface area (Å²) in [4.78, 5) is 0.108. The largest absolute Gasteiger partial charge is 0.493 e. The Labute approximate surface area is 90.8 Å². The third-order valence-electron chi connectivity index (χ3n) is 1.66. The van der Waals surface area contributed by atoms with Gasteiger partial charge in [-0.1, -0.05) is 12.2 Å². The van der Waals surface area contributed by atoms with E-state index in [4.69, 9.17) is 22.7 Å². The maximum atomic E-state index is 12.0. The molecule has 0 unspecified atom stereocenters. The van der Waals surface area contributed by atoms with E-state index in [0.29, 0.717) is 5.56 Å². The van der Waals surface area contributed by atoms with E-state index in [1.54, 1.807) is 6.07 Å². The Morgan fingerprint density at radius 2 is 2.07 bits per heavy atom. The fourth-order valence-electron chi connectivity index (χ4n) is 1.02. The Hall–Kier alpha value is -1.43. The van der Waals surface area contributed by atoms with Gasteiger partial charge in [0, 0.05) is 5.56 Å². The number of hydrogen-bond acceptors (Lipinski definition) is 3. The summed E-state index contributed by atoms with van der Waals surface area (Å²) >= 11 is 4.71. The first-order chi connectivity index (χ1) is 7.04. The molecular weight excluding hydrogens is 224 g/mol. The van der Waals surface area contributed by atoms with Crippen molar-refractivity contribution in [3.63, 3.8) is 0 Å². The standard InChI is InChI=1S/C9H9F2NO2S/c1-13-6-3-2-5(8(12)15)4-7(6)14-9(10)11/h2-4,9H,1H3,(H2,12,15). The van der Waals surface area contributed by atoms with Crippen LogP contribution in [0.3, 0.4) is 0 Å². The lowest BCUT2D eigenvalue weighted by atomic mass is 10.2. The van der Waals surface area contributed by atoms with Crippen LogP contribution in [0.2, 0.25) is 0 Å². The highest BCUT2D eigenvalue weighted by Gasteiger charge is 2.11. The Morgan fingerprint density at radius 1 is 1.40 bits per heavy atom. The summed E-state index contributed by atoms with van der Waals surface area (Å²) in [7, 11) is 1.36. The number of nitrogens with two attached hydrogens (primary N) is 1. The molecule has 0 aromatic heterocycles. The lowest BCUT2D eigenvalue weighted by Crippen LogP contribution is -2.10. The minimum absolute atomic E-state index is 0.0854. The quantitative estimate of drug-likeness (QED) is 0.807. The summed E-state index contributed by atoms with van der Waals surface area (Å²) < 4.78 is 33.1. The average molecular weight is 233 g/mol. The van der Waals surface area contributed by atoms with Crippen LogP contribution in [-0.2, 0) is 0 Å². The van der Waals surface area contributed by atoms with Crippen molar-refractivity contribution in [2.45, 2.75) is 6.61 Å². The van der Waals surface area contributed by atoms with Crippen LogP contribution in [0.1, 0.15) is 5.56 Å². The number of ether oxygens (including phenoxy) is 2. The number of thiocarbonyl (C=S) groups is 1. The number of rotatable bonds is 4. The Balaban J connectivity index is 3.07. The van der Waals surface area contributed by atoms with Gasteiger partial charge in [-0.25, -0.2) is 0 Å². The highest BCUT2D eigenvalue weighted by molar-refractivity contribution is 7.80. The molecule has 15 heavy (non-hydrogen) atoms. The minimum Gasteiger partial charge on any atom is -0.493 e. The van der Waals surface area contributed by atoms with Crippen LogP contribution in [0, 0.1) is 0 Å². The Morgan fingerprint density at radius 3 is 2.53 bits per heavy atom. The van der Waals surface area contributed by atoms with Crippen LogP contribution in [-0.4, -0.2) is 18.7 Å². The molecule has 0 heterocycles. The number of methoxy groups -OCH3 is 1. The van der Waals surface area contributed by atoms with E-state index >= 15 is 0 Å². The smallest absolute Gasteiger partial charge is 0.387 e. The maximum absolute atomic E-state index is 12.0. The number of hydrogen-bond donors (Lipinski definition) is 1. The summed E-state index contributed by atoms with van der Waals surface area (Å²) in [5.74, 6) is 0.119. The minimum atomic E-state index is -2.92. The van der Waals surface area contributed by atoms with E-state index in [1.807, 2.05) is 0 Å². The first kappa shape index (κ1) is 11.6. The first-order valence-electron chi connectivity index (χ1n) is 3.97. The number of halogens is 2. The molecule has 0 radical (unpaired) electrons. The summed E-state index contributed by atoms with van der Waals surface area (Å²) in [6.45, 7) is -2.92. The molecule has 0 saturated heterocycles. The van der Waals surface area contributed by atoms with Crippen molar-refractivity contribution < 1.29 is 18.3 Å². The molecule has 1 rings (SSSR count). The lowest BCUT2D eigenvalue weighted by molar-refractivity contribution is -0.0512. The second-order valence-corrected chi connectivity index (χ2v) is 3.05. The van der Waals surface area contributed by atoms with E-state index in [9.17, 15) is 8.78 Å². The molecule has 82 valence electrons. The van der Waals surface area contributed by atoms with Crippen molar-refractivity contribution in [3.8, 4) is 11.5 Å². The van der Waals surface area contributed by atoms with Crippen LogP contribution >= 0.6 is 12.2 Å². The van der Waals surface area contributed by atoms with E-state index in [-0.39, 0.29) is 16.5 Å². The van der Waals surface area contributed by atoms with E-state index < -0.39 is 6.61 Å². The molecule has 0 saturated carbocycles. The normalized spacial score (nSPS) is 10.1. The van der Waals surface area contributed by atoms with Crippen molar-refractivity contribution in [2.24, 2.45) is 5.73 Å². The van der Waals surface area contributed by atoms with Crippen molar-refractivity contribution in [1.82, 2.24) is 0 Å². The lowest BCUT2D eigenvalue weighted by Gasteiger charge is -2.10. The van der Waals surface area contributed by atoms with Crippen molar-refractivity contribution in [2.75, 3.05) is 7.11 Å². The molecule has 1 aromatic rings. The molecule has 0 spiro atoms. The molecular formula is C9H9F2NO2S. The van der Waals surface area contributed by atoms with Gasteiger partial charge in [0.1, 0.15) is 4.99 Å². The zero-order valence-electron chi connectivity index (χ0n) is 7.87. The van der Waals surface area contributed by atoms with Crippen LogP contribution in [0.5, 0.6) is 11.5 Å². The molecule has 0 atom stereocenters. The van der Waals surface area contributed by atoms with Gasteiger partial charge in [0.25, 0.3) is 0 Å². The summed E-state index contributed by atoms with van der Waals surface area (Å²) in [5, 5.41) is 0. The molecule has 1 aromatic carbocycles. The van der Waals surface area contributed by atoms with Crippen LogP contribution in [0.15, 0.2) is 18.2 Å². The third-order valence-corrected chi connectivity index (χ3v) is 1.90. The monoisotopic (exact) mass is 233 g/mol. The van der Waals surface area contributed by atoms with Gasteiger partial charge >= 0.3 is 6.61 Å². The molecule has 0 fully saturated rings. The van der Waals surface area contributed by atoms with Gasteiger partial charge in [-0.15, -0.1) is 0 Å². The molecule has 2 N–H and O–H groups in total. The van der Waals surface area contributed by atoms with Gasteiger partial charge < -0.3 is 15.2 Å². The third kappa shape index (κ3) is 3.02. The number of benzene rings is 1. The van der Waals surface area contributed by atoms with Crippen LogP contribution in [0.25, 0.3) is 0 Å². The van der Waals surface area contributed by atoms with Gasteiger partial charge in [-0.05, 0) is 18.2 Å².